The minimum atomic E-state index is -0.800. The maximum absolute atomic E-state index is 12.6. The molecule has 0 saturated carbocycles. The highest BCUT2D eigenvalue weighted by molar-refractivity contribution is 5.78. The molecule has 0 radical (unpaired) electrons. The lowest BCUT2D eigenvalue weighted by molar-refractivity contribution is -0.150. The Morgan fingerprint density at radius 1 is 1.14 bits per heavy atom. The summed E-state index contributed by atoms with van der Waals surface area (Å²) < 4.78 is 0. The van der Waals surface area contributed by atoms with E-state index in [-0.39, 0.29) is 6.03 Å². The Labute approximate surface area is 126 Å². The first kappa shape index (κ1) is 16.1. The van der Waals surface area contributed by atoms with Crippen molar-refractivity contribution in [1.29, 1.82) is 0 Å². The standard InChI is InChI=1S/C15H27N3O3/c1-15(13(19)20)7-4-8-18(11-15)14(21)17-9-5-12(6-10-17)16(2)3/h12H,4-11H2,1-3H3,(H,19,20). The third kappa shape index (κ3) is 3.48. The van der Waals surface area contributed by atoms with Crippen LogP contribution in [0, 0.1) is 5.41 Å². The highest BCUT2D eigenvalue weighted by Crippen LogP contribution is 2.30. The van der Waals surface area contributed by atoms with Gasteiger partial charge in [0.25, 0.3) is 0 Å². The summed E-state index contributed by atoms with van der Waals surface area (Å²) >= 11 is 0. The first-order chi connectivity index (χ1) is 9.83. The minimum absolute atomic E-state index is 0.0133. The number of likely N-dealkylation sites (tertiary alicyclic amines) is 2. The van der Waals surface area contributed by atoms with Crippen LogP contribution in [0.25, 0.3) is 0 Å². The van der Waals surface area contributed by atoms with Crippen molar-refractivity contribution in [3.8, 4) is 0 Å². The lowest BCUT2D eigenvalue weighted by Gasteiger charge is -2.42. The average Bonchev–Trinajstić information content (AvgIpc) is 2.46. The second kappa shape index (κ2) is 6.22. The summed E-state index contributed by atoms with van der Waals surface area (Å²) in [6.45, 7) is 4.28. The van der Waals surface area contributed by atoms with Crippen molar-refractivity contribution in [2.75, 3.05) is 40.3 Å². The number of carboxylic acids is 1. The van der Waals surface area contributed by atoms with Gasteiger partial charge < -0.3 is 19.8 Å². The van der Waals surface area contributed by atoms with E-state index in [0.29, 0.717) is 25.6 Å². The Morgan fingerprint density at radius 2 is 1.76 bits per heavy atom. The van der Waals surface area contributed by atoms with Gasteiger partial charge in [-0.3, -0.25) is 4.79 Å². The maximum Gasteiger partial charge on any atom is 0.320 e. The molecule has 120 valence electrons. The van der Waals surface area contributed by atoms with Crippen LogP contribution in [0.2, 0.25) is 0 Å². The monoisotopic (exact) mass is 297 g/mol. The lowest BCUT2D eigenvalue weighted by atomic mass is 9.82. The molecule has 0 aromatic carbocycles. The molecule has 0 aromatic heterocycles. The van der Waals surface area contributed by atoms with Gasteiger partial charge in [-0.2, -0.15) is 0 Å². The minimum Gasteiger partial charge on any atom is -0.481 e. The van der Waals surface area contributed by atoms with Gasteiger partial charge in [0, 0.05) is 32.2 Å². The fraction of sp³-hybridized carbons (Fsp3) is 0.867. The van der Waals surface area contributed by atoms with Crippen molar-refractivity contribution in [2.24, 2.45) is 5.41 Å². The molecule has 1 N–H and O–H groups in total. The van der Waals surface area contributed by atoms with E-state index in [1.807, 2.05) is 4.90 Å². The van der Waals surface area contributed by atoms with Crippen molar-refractivity contribution in [3.63, 3.8) is 0 Å². The number of amides is 2. The van der Waals surface area contributed by atoms with Crippen LogP contribution in [0.3, 0.4) is 0 Å². The van der Waals surface area contributed by atoms with Gasteiger partial charge in [-0.15, -0.1) is 0 Å². The van der Waals surface area contributed by atoms with Crippen molar-refractivity contribution >= 4 is 12.0 Å². The predicted octanol–water partition coefficient (Wildman–Crippen LogP) is 1.32. The number of carboxylic acid groups (broad SMARTS) is 1. The van der Waals surface area contributed by atoms with Crippen LogP contribution in [-0.4, -0.2) is 78.1 Å². The Hall–Kier alpha value is -1.30. The highest BCUT2D eigenvalue weighted by atomic mass is 16.4. The molecule has 2 heterocycles. The molecule has 0 aliphatic carbocycles. The fourth-order valence-electron chi connectivity index (χ4n) is 3.35. The molecule has 2 aliphatic heterocycles. The van der Waals surface area contributed by atoms with Gasteiger partial charge in [0.1, 0.15) is 0 Å². The number of hydrogen-bond acceptors (Lipinski definition) is 3. The summed E-state index contributed by atoms with van der Waals surface area (Å²) in [5.74, 6) is -0.800. The summed E-state index contributed by atoms with van der Waals surface area (Å²) in [6, 6.07) is 0.555. The third-order valence-corrected chi connectivity index (χ3v) is 4.95. The van der Waals surface area contributed by atoms with E-state index in [2.05, 4.69) is 19.0 Å². The molecule has 0 bridgehead atoms. The summed E-state index contributed by atoms with van der Waals surface area (Å²) in [5.41, 5.74) is -0.796. The number of aliphatic carboxylic acids is 1. The molecule has 6 nitrogen and oxygen atoms in total. The van der Waals surface area contributed by atoms with Crippen LogP contribution in [0.5, 0.6) is 0 Å². The smallest absolute Gasteiger partial charge is 0.320 e. The molecule has 0 aromatic rings. The van der Waals surface area contributed by atoms with Crippen molar-refractivity contribution in [1.82, 2.24) is 14.7 Å². The van der Waals surface area contributed by atoms with Crippen molar-refractivity contribution in [2.45, 2.75) is 38.6 Å². The molecule has 1 atom stereocenters. The van der Waals surface area contributed by atoms with E-state index in [4.69, 9.17) is 0 Å². The SMILES string of the molecule is CN(C)C1CCN(C(=O)N2CCCC(C)(C(=O)O)C2)CC1. The number of carbonyl (C=O) groups is 2. The number of rotatable bonds is 2. The zero-order chi connectivity index (χ0) is 15.6. The van der Waals surface area contributed by atoms with E-state index in [9.17, 15) is 14.7 Å². The molecular weight excluding hydrogens is 270 g/mol. The zero-order valence-corrected chi connectivity index (χ0v) is 13.3. The quantitative estimate of drug-likeness (QED) is 0.835. The second-order valence-electron chi connectivity index (χ2n) is 6.86. The molecule has 2 fully saturated rings. The number of urea groups is 1. The predicted molar refractivity (Wildman–Crippen MR) is 80.2 cm³/mol. The number of piperidine rings is 2. The first-order valence-corrected chi connectivity index (χ1v) is 7.77. The zero-order valence-electron chi connectivity index (χ0n) is 13.3. The van der Waals surface area contributed by atoms with Crippen LogP contribution < -0.4 is 0 Å². The first-order valence-electron chi connectivity index (χ1n) is 7.77. The molecule has 0 spiro atoms. The number of hydrogen-bond donors (Lipinski definition) is 1. The number of nitrogens with zero attached hydrogens (tertiary/aromatic N) is 3. The topological polar surface area (TPSA) is 64.1 Å². The molecule has 2 amide bonds. The van der Waals surface area contributed by atoms with Crippen LogP contribution in [0.4, 0.5) is 4.79 Å². The normalized spacial score (nSPS) is 28.0. The van der Waals surface area contributed by atoms with Crippen LogP contribution in [0.1, 0.15) is 32.6 Å². The summed E-state index contributed by atoms with van der Waals surface area (Å²) in [5, 5.41) is 9.35. The summed E-state index contributed by atoms with van der Waals surface area (Å²) in [6.07, 6.45) is 3.39. The summed E-state index contributed by atoms with van der Waals surface area (Å²) in [7, 11) is 4.15. The lowest BCUT2D eigenvalue weighted by Crippen LogP contribution is -2.54. The molecule has 6 heteroatoms. The molecule has 2 rings (SSSR count). The van der Waals surface area contributed by atoms with Gasteiger partial charge in [-0.25, -0.2) is 4.79 Å². The average molecular weight is 297 g/mol. The molecule has 21 heavy (non-hydrogen) atoms. The van der Waals surface area contributed by atoms with Crippen molar-refractivity contribution in [3.05, 3.63) is 0 Å². The van der Waals surface area contributed by atoms with Crippen LogP contribution in [-0.2, 0) is 4.79 Å². The van der Waals surface area contributed by atoms with Gasteiger partial charge >= 0.3 is 12.0 Å². The van der Waals surface area contributed by atoms with E-state index in [1.54, 1.807) is 11.8 Å². The largest absolute Gasteiger partial charge is 0.481 e. The molecular formula is C15H27N3O3. The third-order valence-electron chi connectivity index (χ3n) is 4.95. The van der Waals surface area contributed by atoms with E-state index < -0.39 is 11.4 Å². The highest BCUT2D eigenvalue weighted by Gasteiger charge is 2.40. The molecule has 1 unspecified atom stereocenters. The molecule has 2 aliphatic rings. The van der Waals surface area contributed by atoms with E-state index >= 15 is 0 Å². The Balaban J connectivity index is 1.93. The number of carbonyl (C=O) groups excluding carboxylic acids is 1. The summed E-state index contributed by atoms with van der Waals surface area (Å²) in [4.78, 5) is 29.8. The second-order valence-corrected chi connectivity index (χ2v) is 6.86. The fourth-order valence-corrected chi connectivity index (χ4v) is 3.35. The van der Waals surface area contributed by atoms with Gasteiger partial charge in [0.05, 0.1) is 5.41 Å². The van der Waals surface area contributed by atoms with Crippen LogP contribution in [0.15, 0.2) is 0 Å². The Morgan fingerprint density at radius 3 is 2.29 bits per heavy atom. The van der Waals surface area contributed by atoms with Crippen molar-refractivity contribution < 1.29 is 14.7 Å². The van der Waals surface area contributed by atoms with Gasteiger partial charge in [0.15, 0.2) is 0 Å². The van der Waals surface area contributed by atoms with Crippen LogP contribution >= 0.6 is 0 Å². The maximum atomic E-state index is 12.6. The van der Waals surface area contributed by atoms with Gasteiger partial charge in [0.2, 0.25) is 0 Å². The molecule has 2 saturated heterocycles. The Bertz CT molecular complexity index is 405. The Kier molecular flexibility index (Phi) is 4.76. The van der Waals surface area contributed by atoms with E-state index in [0.717, 1.165) is 32.4 Å². The van der Waals surface area contributed by atoms with Gasteiger partial charge in [-0.1, -0.05) is 0 Å². The van der Waals surface area contributed by atoms with E-state index in [1.165, 1.54) is 0 Å². The van der Waals surface area contributed by atoms with Gasteiger partial charge in [-0.05, 0) is 46.7 Å².